The molecule has 2 aliphatic heterocycles. The van der Waals surface area contributed by atoms with Crippen molar-refractivity contribution in [1.29, 1.82) is 0 Å². The lowest BCUT2D eigenvalue weighted by molar-refractivity contribution is -0.127. The number of hydrogen-bond donors (Lipinski definition) is 0. The van der Waals surface area contributed by atoms with E-state index in [0.717, 1.165) is 16.5 Å². The second kappa shape index (κ2) is 7.01. The molecule has 0 N–H and O–H groups in total. The van der Waals surface area contributed by atoms with Crippen LogP contribution in [0.15, 0.2) is 72.8 Å². The van der Waals surface area contributed by atoms with Crippen molar-refractivity contribution >= 4 is 29.1 Å². The van der Waals surface area contributed by atoms with E-state index in [1.54, 1.807) is 24.3 Å². The summed E-state index contributed by atoms with van der Waals surface area (Å²) in [6, 6.07) is 18.6. The van der Waals surface area contributed by atoms with Gasteiger partial charge in [-0.25, -0.2) is 9.29 Å². The number of hydrogen-bond acceptors (Lipinski definition) is 5. The molecule has 7 heteroatoms. The number of carbonyl (C=O) groups excluding carboxylic acids is 4. The van der Waals surface area contributed by atoms with E-state index in [1.165, 1.54) is 30.3 Å². The van der Waals surface area contributed by atoms with E-state index in [-0.39, 0.29) is 16.8 Å². The van der Waals surface area contributed by atoms with Crippen molar-refractivity contribution in [1.82, 2.24) is 0 Å². The number of ether oxygens (including phenoxy) is 1. The number of fused-ring (bicyclic) bond motifs is 3. The van der Waals surface area contributed by atoms with E-state index in [9.17, 15) is 23.6 Å². The number of benzene rings is 3. The molecule has 0 saturated carbocycles. The van der Waals surface area contributed by atoms with Gasteiger partial charge in [-0.2, -0.15) is 0 Å². The number of halogens is 1. The summed E-state index contributed by atoms with van der Waals surface area (Å²) in [7, 11) is 0. The zero-order chi connectivity index (χ0) is 23.8. The number of imide groups is 1. The van der Waals surface area contributed by atoms with Gasteiger partial charge in [0.05, 0.1) is 23.6 Å². The Bertz CT molecular complexity index is 1380. The Kier molecular flexibility index (Phi) is 4.25. The van der Waals surface area contributed by atoms with Crippen LogP contribution < -0.4 is 4.90 Å². The standard InChI is InChI=1S/C27H18FNO5/c1-14-9-11-15(12-10-14)22-20-21(26(33)29(25(20)32)17-6-4-5-16(28)13-17)27(34-22)23(30)18-7-2-3-8-19(18)24(27)31/h2-13,20-22H,1H3/t20-,21+,22+/m1/s1. The molecule has 3 aromatic carbocycles. The predicted octanol–water partition coefficient (Wildman–Crippen LogP) is 3.83. The second-order valence-corrected chi connectivity index (χ2v) is 8.88. The first-order valence-corrected chi connectivity index (χ1v) is 10.9. The zero-order valence-corrected chi connectivity index (χ0v) is 18.0. The number of amides is 2. The highest BCUT2D eigenvalue weighted by atomic mass is 19.1. The van der Waals surface area contributed by atoms with Gasteiger partial charge >= 0.3 is 0 Å². The molecule has 0 aromatic heterocycles. The summed E-state index contributed by atoms with van der Waals surface area (Å²) >= 11 is 0. The average molecular weight is 455 g/mol. The highest BCUT2D eigenvalue weighted by Crippen LogP contribution is 2.57. The fourth-order valence-electron chi connectivity index (χ4n) is 5.44. The molecule has 0 bridgehead atoms. The van der Waals surface area contributed by atoms with E-state index < -0.39 is 52.7 Å². The quantitative estimate of drug-likeness (QED) is 0.433. The van der Waals surface area contributed by atoms with Crippen molar-refractivity contribution < 1.29 is 28.3 Å². The van der Waals surface area contributed by atoms with Crippen LogP contribution in [0, 0.1) is 24.6 Å². The van der Waals surface area contributed by atoms with Gasteiger partial charge in [-0.05, 0) is 30.7 Å². The first-order chi connectivity index (χ1) is 16.3. The largest absolute Gasteiger partial charge is 0.349 e. The second-order valence-electron chi connectivity index (χ2n) is 8.88. The van der Waals surface area contributed by atoms with E-state index >= 15 is 0 Å². The number of carbonyl (C=O) groups is 4. The summed E-state index contributed by atoms with van der Waals surface area (Å²) in [6.45, 7) is 1.90. The van der Waals surface area contributed by atoms with Crippen molar-refractivity contribution in [3.63, 3.8) is 0 Å². The van der Waals surface area contributed by atoms with Gasteiger partial charge in [-0.15, -0.1) is 0 Å². The molecule has 3 aromatic rings. The first-order valence-electron chi connectivity index (χ1n) is 10.9. The topological polar surface area (TPSA) is 80.8 Å². The summed E-state index contributed by atoms with van der Waals surface area (Å²) in [5, 5.41) is 0. The third-order valence-electron chi connectivity index (χ3n) is 6.99. The van der Waals surface area contributed by atoms with E-state index in [1.807, 2.05) is 19.1 Å². The Hall–Kier alpha value is -3.97. The van der Waals surface area contributed by atoms with Gasteiger partial charge in [0.25, 0.3) is 0 Å². The third kappa shape index (κ3) is 2.53. The third-order valence-corrected chi connectivity index (χ3v) is 6.99. The first kappa shape index (κ1) is 20.6. The molecular weight excluding hydrogens is 437 g/mol. The van der Waals surface area contributed by atoms with Gasteiger partial charge in [0.2, 0.25) is 29.0 Å². The van der Waals surface area contributed by atoms with Gasteiger partial charge in [0.15, 0.2) is 0 Å². The van der Waals surface area contributed by atoms with Crippen LogP contribution >= 0.6 is 0 Å². The molecule has 168 valence electrons. The summed E-state index contributed by atoms with van der Waals surface area (Å²) < 4.78 is 20.2. The van der Waals surface area contributed by atoms with Crippen LogP contribution in [0.2, 0.25) is 0 Å². The molecule has 2 heterocycles. The van der Waals surface area contributed by atoms with Crippen LogP contribution in [0.1, 0.15) is 37.9 Å². The number of anilines is 1. The molecule has 34 heavy (non-hydrogen) atoms. The Morgan fingerprint density at radius 1 is 0.824 bits per heavy atom. The normalized spacial score (nSPS) is 24.8. The minimum atomic E-state index is -2.14. The van der Waals surface area contributed by atoms with Gasteiger partial charge in [0, 0.05) is 11.1 Å². The average Bonchev–Trinajstić information content (AvgIpc) is 3.40. The van der Waals surface area contributed by atoms with E-state index in [4.69, 9.17) is 4.74 Å². The molecule has 2 saturated heterocycles. The van der Waals surface area contributed by atoms with Crippen LogP contribution in [0.25, 0.3) is 0 Å². The van der Waals surface area contributed by atoms with Crippen molar-refractivity contribution in [2.75, 3.05) is 4.90 Å². The molecule has 2 amide bonds. The van der Waals surface area contributed by atoms with Crippen molar-refractivity contribution in [2.45, 2.75) is 18.6 Å². The van der Waals surface area contributed by atoms with Gasteiger partial charge in [-0.1, -0.05) is 60.2 Å². The lowest BCUT2D eigenvalue weighted by atomic mass is 9.77. The molecule has 6 rings (SSSR count). The maximum absolute atomic E-state index is 14.0. The number of rotatable bonds is 2. The van der Waals surface area contributed by atoms with Crippen LogP contribution in [0.4, 0.5) is 10.1 Å². The molecule has 2 fully saturated rings. The van der Waals surface area contributed by atoms with Gasteiger partial charge in [-0.3, -0.25) is 19.2 Å². The zero-order valence-electron chi connectivity index (χ0n) is 18.0. The molecule has 0 radical (unpaired) electrons. The number of Topliss-reactive ketones (excluding diaryl/α,β-unsaturated/α-hetero) is 2. The summed E-state index contributed by atoms with van der Waals surface area (Å²) in [5.74, 6) is -5.71. The predicted molar refractivity (Wildman–Crippen MR) is 119 cm³/mol. The fraction of sp³-hybridized carbons (Fsp3) is 0.185. The minimum absolute atomic E-state index is 0.0533. The van der Waals surface area contributed by atoms with Gasteiger partial charge < -0.3 is 4.74 Å². The van der Waals surface area contributed by atoms with Crippen molar-refractivity contribution in [3.8, 4) is 0 Å². The number of ketones is 2. The molecule has 1 spiro atoms. The Balaban J connectivity index is 1.55. The molecule has 6 nitrogen and oxygen atoms in total. The number of aryl methyl sites for hydroxylation is 1. The van der Waals surface area contributed by atoms with Gasteiger partial charge in [0.1, 0.15) is 5.82 Å². The van der Waals surface area contributed by atoms with Crippen molar-refractivity contribution in [2.24, 2.45) is 11.8 Å². The Morgan fingerprint density at radius 3 is 2.09 bits per heavy atom. The maximum atomic E-state index is 14.0. The molecule has 3 aliphatic rings. The fourth-order valence-corrected chi connectivity index (χ4v) is 5.44. The summed E-state index contributed by atoms with van der Waals surface area (Å²) in [6.07, 6.45) is -0.997. The molecular formula is C27H18FNO5. The molecule has 1 aliphatic carbocycles. The summed E-state index contributed by atoms with van der Waals surface area (Å²) in [5.41, 5.74) is -0.198. The Labute approximate surface area is 193 Å². The van der Waals surface area contributed by atoms with Crippen LogP contribution in [-0.2, 0) is 14.3 Å². The SMILES string of the molecule is Cc1ccc([C@@H]2OC3(C(=O)c4ccccc4C3=O)[C@@H]3C(=O)N(c4cccc(F)c4)C(=O)[C@H]32)cc1. The van der Waals surface area contributed by atoms with Crippen LogP contribution in [-0.4, -0.2) is 29.0 Å². The maximum Gasteiger partial charge on any atom is 0.241 e. The monoisotopic (exact) mass is 455 g/mol. The molecule has 0 unspecified atom stereocenters. The molecule has 3 atom stereocenters. The summed E-state index contributed by atoms with van der Waals surface area (Å²) in [4.78, 5) is 55.6. The number of nitrogens with zero attached hydrogens (tertiary/aromatic N) is 1. The minimum Gasteiger partial charge on any atom is -0.349 e. The van der Waals surface area contributed by atoms with Crippen LogP contribution in [0.5, 0.6) is 0 Å². The highest BCUT2D eigenvalue weighted by molar-refractivity contribution is 6.37. The van der Waals surface area contributed by atoms with E-state index in [2.05, 4.69) is 0 Å². The lowest BCUT2D eigenvalue weighted by Crippen LogP contribution is -2.51. The Morgan fingerprint density at radius 2 is 1.47 bits per heavy atom. The van der Waals surface area contributed by atoms with Crippen LogP contribution in [0.3, 0.4) is 0 Å². The van der Waals surface area contributed by atoms with E-state index in [0.29, 0.717) is 5.56 Å². The van der Waals surface area contributed by atoms with Crippen molar-refractivity contribution in [3.05, 3.63) is 101 Å². The highest BCUT2D eigenvalue weighted by Gasteiger charge is 2.74. The smallest absolute Gasteiger partial charge is 0.241 e. The lowest BCUT2D eigenvalue weighted by Gasteiger charge is -2.27.